The van der Waals surface area contributed by atoms with Crippen LogP contribution in [0.3, 0.4) is 0 Å². The summed E-state index contributed by atoms with van der Waals surface area (Å²) in [7, 11) is 0. The van der Waals surface area contributed by atoms with E-state index in [1.807, 2.05) is 29.3 Å². The van der Waals surface area contributed by atoms with Gasteiger partial charge >= 0.3 is 0 Å². The number of aromatic nitrogens is 4. The van der Waals surface area contributed by atoms with Gasteiger partial charge in [-0.15, -0.1) is 0 Å². The number of rotatable bonds is 2. The summed E-state index contributed by atoms with van der Waals surface area (Å²) >= 11 is 0. The summed E-state index contributed by atoms with van der Waals surface area (Å²) in [6.07, 6.45) is 5.27. The molecule has 7 nitrogen and oxygen atoms in total. The van der Waals surface area contributed by atoms with Gasteiger partial charge < -0.3 is 9.88 Å². The number of nitrogens with zero attached hydrogens (tertiary/aromatic N) is 4. The number of likely N-dealkylation sites (tertiary alicyclic amines) is 1. The average molecular weight is 337 g/mol. The molecule has 25 heavy (non-hydrogen) atoms. The average Bonchev–Trinajstić information content (AvgIpc) is 3.04. The number of piperidine rings is 1. The van der Waals surface area contributed by atoms with Crippen LogP contribution in [0.4, 0.5) is 0 Å². The molecule has 1 fully saturated rings. The Kier molecular flexibility index (Phi) is 3.83. The minimum atomic E-state index is -0.145. The van der Waals surface area contributed by atoms with Crippen LogP contribution in [0, 0.1) is 6.92 Å². The maximum Gasteiger partial charge on any atom is 0.257 e. The third-order valence-electron chi connectivity index (χ3n) is 4.66. The van der Waals surface area contributed by atoms with Crippen molar-refractivity contribution in [3.8, 4) is 0 Å². The van der Waals surface area contributed by atoms with E-state index in [1.165, 1.54) is 0 Å². The molecule has 128 valence electrons. The van der Waals surface area contributed by atoms with Gasteiger partial charge in [-0.3, -0.25) is 9.59 Å². The van der Waals surface area contributed by atoms with Gasteiger partial charge in [-0.1, -0.05) is 6.07 Å². The predicted molar refractivity (Wildman–Crippen MR) is 92.7 cm³/mol. The van der Waals surface area contributed by atoms with Crippen LogP contribution in [0.1, 0.15) is 40.6 Å². The fourth-order valence-corrected chi connectivity index (χ4v) is 3.48. The van der Waals surface area contributed by atoms with Crippen LogP contribution in [0.5, 0.6) is 0 Å². The summed E-state index contributed by atoms with van der Waals surface area (Å²) in [4.78, 5) is 33.7. The Morgan fingerprint density at radius 2 is 2.24 bits per heavy atom. The summed E-state index contributed by atoms with van der Waals surface area (Å²) in [5.74, 6) is 0.668. The molecule has 3 aromatic heterocycles. The topological polar surface area (TPSA) is 83.4 Å². The first-order valence-corrected chi connectivity index (χ1v) is 8.41. The van der Waals surface area contributed by atoms with Gasteiger partial charge in [0.2, 0.25) is 0 Å². The highest BCUT2D eigenvalue weighted by molar-refractivity contribution is 6.00. The van der Waals surface area contributed by atoms with Crippen LogP contribution in [-0.2, 0) is 0 Å². The SMILES string of the molecule is Cc1nc([C@@H]2CCCN(C(=O)c3cnn4ccccc34)C2)cc(=O)[nH]1. The standard InChI is InChI=1S/C18H19N5O2/c1-12-20-15(9-17(24)21-12)13-5-4-7-22(11-13)18(25)14-10-19-23-8-3-2-6-16(14)23/h2-3,6,8-10,13H,4-5,7,11H2,1H3,(H,20,21,24)/t13-/m1/s1. The molecule has 7 heteroatoms. The van der Waals surface area contributed by atoms with E-state index in [2.05, 4.69) is 15.1 Å². The number of carbonyl (C=O) groups is 1. The first kappa shape index (κ1) is 15.6. The molecule has 1 N–H and O–H groups in total. The van der Waals surface area contributed by atoms with Gasteiger partial charge in [-0.05, 0) is 31.9 Å². The van der Waals surface area contributed by atoms with Gasteiger partial charge in [0.05, 0.1) is 23.0 Å². The van der Waals surface area contributed by atoms with Gasteiger partial charge in [-0.2, -0.15) is 5.10 Å². The highest BCUT2D eigenvalue weighted by Crippen LogP contribution is 2.26. The number of fused-ring (bicyclic) bond motifs is 1. The van der Waals surface area contributed by atoms with E-state index in [9.17, 15) is 9.59 Å². The number of H-pyrrole nitrogens is 1. The molecule has 0 saturated carbocycles. The number of carbonyl (C=O) groups excluding carboxylic acids is 1. The molecule has 1 saturated heterocycles. The molecule has 1 amide bonds. The van der Waals surface area contributed by atoms with E-state index in [0.717, 1.165) is 24.1 Å². The van der Waals surface area contributed by atoms with Crippen LogP contribution in [0.25, 0.3) is 5.52 Å². The highest BCUT2D eigenvalue weighted by Gasteiger charge is 2.28. The van der Waals surface area contributed by atoms with Crippen molar-refractivity contribution < 1.29 is 4.79 Å². The Balaban J connectivity index is 1.60. The second-order valence-electron chi connectivity index (χ2n) is 6.43. The molecule has 4 heterocycles. The molecule has 0 spiro atoms. The van der Waals surface area contributed by atoms with E-state index in [-0.39, 0.29) is 17.4 Å². The molecule has 4 rings (SSSR count). The minimum Gasteiger partial charge on any atom is -0.338 e. The smallest absolute Gasteiger partial charge is 0.257 e. The zero-order chi connectivity index (χ0) is 17.4. The quantitative estimate of drug-likeness (QED) is 0.772. The van der Waals surface area contributed by atoms with Gasteiger partial charge in [0.1, 0.15) is 5.82 Å². The van der Waals surface area contributed by atoms with Crippen LogP contribution in [0.2, 0.25) is 0 Å². The lowest BCUT2D eigenvalue weighted by Crippen LogP contribution is -2.39. The van der Waals surface area contributed by atoms with Gasteiger partial charge in [0.15, 0.2) is 0 Å². The van der Waals surface area contributed by atoms with E-state index in [0.29, 0.717) is 24.5 Å². The van der Waals surface area contributed by atoms with Crippen LogP contribution >= 0.6 is 0 Å². The fraction of sp³-hybridized carbons (Fsp3) is 0.333. The molecule has 1 atom stereocenters. The molecule has 0 aliphatic carbocycles. The van der Waals surface area contributed by atoms with Crippen molar-refractivity contribution in [3.05, 3.63) is 64.1 Å². The number of nitrogens with one attached hydrogen (secondary N) is 1. The van der Waals surface area contributed by atoms with E-state index in [1.54, 1.807) is 23.7 Å². The second kappa shape index (κ2) is 6.16. The Bertz CT molecular complexity index is 990. The summed E-state index contributed by atoms with van der Waals surface area (Å²) in [5.41, 5.74) is 2.03. The third kappa shape index (κ3) is 2.93. The van der Waals surface area contributed by atoms with Crippen LogP contribution < -0.4 is 5.56 Å². The predicted octanol–water partition coefficient (Wildman–Crippen LogP) is 1.75. The van der Waals surface area contributed by atoms with E-state index >= 15 is 0 Å². The van der Waals surface area contributed by atoms with Crippen molar-refractivity contribution >= 4 is 11.4 Å². The van der Waals surface area contributed by atoms with Crippen LogP contribution in [-0.4, -0.2) is 43.5 Å². The molecule has 1 aliphatic rings. The van der Waals surface area contributed by atoms with Gasteiger partial charge in [0, 0.05) is 31.3 Å². The van der Waals surface area contributed by atoms with Crippen molar-refractivity contribution in [2.45, 2.75) is 25.7 Å². The summed E-state index contributed by atoms with van der Waals surface area (Å²) < 4.78 is 1.70. The zero-order valence-corrected chi connectivity index (χ0v) is 14.0. The van der Waals surface area contributed by atoms with Crippen molar-refractivity contribution in [3.63, 3.8) is 0 Å². The maximum absolute atomic E-state index is 13.0. The van der Waals surface area contributed by atoms with Crippen LogP contribution in [0.15, 0.2) is 41.5 Å². The third-order valence-corrected chi connectivity index (χ3v) is 4.66. The number of pyridine rings is 1. The number of aryl methyl sites for hydroxylation is 1. The van der Waals surface area contributed by atoms with E-state index < -0.39 is 0 Å². The number of hydrogen-bond donors (Lipinski definition) is 1. The van der Waals surface area contributed by atoms with Gasteiger partial charge in [0.25, 0.3) is 11.5 Å². The Hall–Kier alpha value is -2.96. The summed E-state index contributed by atoms with van der Waals surface area (Å²) in [6, 6.07) is 7.21. The molecule has 3 aromatic rings. The molecule has 0 bridgehead atoms. The maximum atomic E-state index is 13.0. The van der Waals surface area contributed by atoms with E-state index in [4.69, 9.17) is 0 Å². The lowest BCUT2D eigenvalue weighted by molar-refractivity contribution is 0.0708. The monoisotopic (exact) mass is 337 g/mol. The number of hydrogen-bond acceptors (Lipinski definition) is 4. The molecule has 0 aromatic carbocycles. The van der Waals surface area contributed by atoms with Crippen molar-refractivity contribution in [1.82, 2.24) is 24.5 Å². The van der Waals surface area contributed by atoms with Gasteiger partial charge in [-0.25, -0.2) is 9.50 Å². The Morgan fingerprint density at radius 1 is 1.36 bits per heavy atom. The fourth-order valence-electron chi connectivity index (χ4n) is 3.48. The lowest BCUT2D eigenvalue weighted by Gasteiger charge is -2.32. The molecule has 0 radical (unpaired) electrons. The number of aromatic amines is 1. The normalized spacial score (nSPS) is 17.8. The molecular formula is C18H19N5O2. The lowest BCUT2D eigenvalue weighted by atomic mass is 9.94. The zero-order valence-electron chi connectivity index (χ0n) is 14.0. The molecule has 0 unspecified atom stereocenters. The Morgan fingerprint density at radius 3 is 3.08 bits per heavy atom. The minimum absolute atomic E-state index is 0.0209. The first-order valence-electron chi connectivity index (χ1n) is 8.41. The highest BCUT2D eigenvalue weighted by atomic mass is 16.2. The Labute approximate surface area is 144 Å². The summed E-state index contributed by atoms with van der Waals surface area (Å²) in [6.45, 7) is 3.05. The first-order chi connectivity index (χ1) is 12.1. The number of amides is 1. The molecule has 1 aliphatic heterocycles. The second-order valence-corrected chi connectivity index (χ2v) is 6.43. The summed E-state index contributed by atoms with van der Waals surface area (Å²) in [5, 5.41) is 4.25. The largest absolute Gasteiger partial charge is 0.338 e. The van der Waals surface area contributed by atoms with Crippen molar-refractivity contribution in [2.75, 3.05) is 13.1 Å². The van der Waals surface area contributed by atoms with Crippen molar-refractivity contribution in [1.29, 1.82) is 0 Å². The van der Waals surface area contributed by atoms with Crippen molar-refractivity contribution in [2.24, 2.45) is 0 Å². The molecular weight excluding hydrogens is 318 g/mol.